The molecule has 3 N–H and O–H groups in total. The van der Waals surface area contributed by atoms with Crippen LogP contribution in [0.1, 0.15) is 19.8 Å². The molecule has 13 heavy (non-hydrogen) atoms. The first kappa shape index (κ1) is 9.83. The number of hydrogen-bond donors (Lipinski definition) is 2. The molecule has 1 atom stereocenters. The Morgan fingerprint density at radius 2 is 2.46 bits per heavy atom. The van der Waals surface area contributed by atoms with E-state index in [0.29, 0.717) is 12.3 Å². The van der Waals surface area contributed by atoms with E-state index in [1.807, 2.05) is 0 Å². The minimum atomic E-state index is 0.0991. The highest BCUT2D eigenvalue weighted by molar-refractivity contribution is 5.80. The second-order valence-corrected chi connectivity index (χ2v) is 3.42. The maximum Gasteiger partial charge on any atom is 0.219 e. The van der Waals surface area contributed by atoms with Crippen LogP contribution in [-0.4, -0.2) is 34.9 Å². The fourth-order valence-corrected chi connectivity index (χ4v) is 1.62. The fourth-order valence-electron chi connectivity index (χ4n) is 1.62. The minimum Gasteiger partial charge on any atom is -0.409 e. The molecule has 1 heterocycles. The summed E-state index contributed by atoms with van der Waals surface area (Å²) >= 11 is 0. The maximum atomic E-state index is 11.0. The Balaban J connectivity index is 2.37. The average Bonchev–Trinajstić information content (AvgIpc) is 2.52. The molecule has 74 valence electrons. The van der Waals surface area contributed by atoms with Crippen molar-refractivity contribution in [3.63, 3.8) is 0 Å². The number of carbonyl (C=O) groups excluding carboxylic acids is 1. The number of hydrogen-bond acceptors (Lipinski definition) is 3. The number of likely N-dealkylation sites (tertiary alicyclic amines) is 1. The molecule has 1 rings (SSSR count). The van der Waals surface area contributed by atoms with Gasteiger partial charge in [0.1, 0.15) is 5.84 Å². The van der Waals surface area contributed by atoms with Crippen molar-refractivity contribution in [1.82, 2.24) is 4.90 Å². The third-order valence-electron chi connectivity index (χ3n) is 2.36. The molecule has 5 nitrogen and oxygen atoms in total. The lowest BCUT2D eigenvalue weighted by molar-refractivity contribution is -0.127. The van der Waals surface area contributed by atoms with Gasteiger partial charge in [0.15, 0.2) is 0 Å². The summed E-state index contributed by atoms with van der Waals surface area (Å²) in [5, 5.41) is 11.3. The lowest BCUT2D eigenvalue weighted by Gasteiger charge is -2.13. The van der Waals surface area contributed by atoms with E-state index in [1.165, 1.54) is 0 Å². The van der Waals surface area contributed by atoms with Gasteiger partial charge in [0.25, 0.3) is 0 Å². The van der Waals surface area contributed by atoms with Gasteiger partial charge in [-0.3, -0.25) is 4.79 Å². The summed E-state index contributed by atoms with van der Waals surface area (Å²) in [5.41, 5.74) is 5.37. The third kappa shape index (κ3) is 2.61. The van der Waals surface area contributed by atoms with E-state index in [1.54, 1.807) is 11.8 Å². The van der Waals surface area contributed by atoms with Crippen LogP contribution in [0.25, 0.3) is 0 Å². The quantitative estimate of drug-likeness (QED) is 0.275. The van der Waals surface area contributed by atoms with E-state index in [-0.39, 0.29) is 11.7 Å². The van der Waals surface area contributed by atoms with Crippen molar-refractivity contribution in [3.05, 3.63) is 0 Å². The standard InChI is InChI=1S/C8H15N3O2/c1-6(12)11-3-2-7(5-11)4-8(9)10-13/h7,13H,2-5H2,1H3,(H2,9,10). The number of amides is 1. The Morgan fingerprint density at radius 3 is 2.92 bits per heavy atom. The van der Waals surface area contributed by atoms with Gasteiger partial charge in [-0.1, -0.05) is 5.16 Å². The van der Waals surface area contributed by atoms with Crippen LogP contribution in [0, 0.1) is 5.92 Å². The molecule has 0 saturated carbocycles. The molecule has 1 unspecified atom stereocenters. The maximum absolute atomic E-state index is 11.0. The monoisotopic (exact) mass is 185 g/mol. The van der Waals surface area contributed by atoms with Gasteiger partial charge in [-0.15, -0.1) is 0 Å². The molecule has 0 aromatic rings. The van der Waals surface area contributed by atoms with E-state index >= 15 is 0 Å². The molecule has 0 radical (unpaired) electrons. The Hall–Kier alpha value is -1.26. The Labute approximate surface area is 77.2 Å². The molecule has 1 fully saturated rings. The molecular formula is C8H15N3O2. The van der Waals surface area contributed by atoms with E-state index in [2.05, 4.69) is 5.16 Å². The van der Waals surface area contributed by atoms with Crippen LogP contribution in [-0.2, 0) is 4.79 Å². The zero-order chi connectivity index (χ0) is 9.84. The van der Waals surface area contributed by atoms with Gasteiger partial charge in [0.2, 0.25) is 5.91 Å². The van der Waals surface area contributed by atoms with Crippen molar-refractivity contribution in [2.75, 3.05) is 13.1 Å². The zero-order valence-electron chi connectivity index (χ0n) is 7.73. The van der Waals surface area contributed by atoms with Crippen molar-refractivity contribution in [1.29, 1.82) is 0 Å². The highest BCUT2D eigenvalue weighted by Gasteiger charge is 2.24. The highest BCUT2D eigenvalue weighted by Crippen LogP contribution is 2.19. The van der Waals surface area contributed by atoms with Gasteiger partial charge in [-0.05, 0) is 12.3 Å². The number of carbonyl (C=O) groups is 1. The van der Waals surface area contributed by atoms with Gasteiger partial charge < -0.3 is 15.8 Å². The molecule has 1 aliphatic heterocycles. The smallest absolute Gasteiger partial charge is 0.219 e. The fraction of sp³-hybridized carbons (Fsp3) is 0.750. The first-order valence-electron chi connectivity index (χ1n) is 4.35. The summed E-state index contributed by atoms with van der Waals surface area (Å²) in [5.74, 6) is 0.692. The summed E-state index contributed by atoms with van der Waals surface area (Å²) < 4.78 is 0. The van der Waals surface area contributed by atoms with E-state index in [4.69, 9.17) is 10.9 Å². The molecule has 0 bridgehead atoms. The number of nitrogens with two attached hydrogens (primary N) is 1. The molecule has 1 saturated heterocycles. The Kier molecular flexibility index (Phi) is 3.11. The van der Waals surface area contributed by atoms with Crippen LogP contribution >= 0.6 is 0 Å². The summed E-state index contributed by atoms with van der Waals surface area (Å²) in [6, 6.07) is 0. The van der Waals surface area contributed by atoms with Crippen molar-refractivity contribution in [3.8, 4) is 0 Å². The topological polar surface area (TPSA) is 78.9 Å². The second kappa shape index (κ2) is 4.11. The molecular weight excluding hydrogens is 170 g/mol. The molecule has 1 amide bonds. The summed E-state index contributed by atoms with van der Waals surface area (Å²) in [6.45, 7) is 3.08. The van der Waals surface area contributed by atoms with Crippen LogP contribution in [0.4, 0.5) is 0 Å². The van der Waals surface area contributed by atoms with Crippen molar-refractivity contribution in [2.45, 2.75) is 19.8 Å². The Bertz CT molecular complexity index is 227. The van der Waals surface area contributed by atoms with Crippen LogP contribution in [0.3, 0.4) is 0 Å². The lowest BCUT2D eigenvalue weighted by Crippen LogP contribution is -2.26. The van der Waals surface area contributed by atoms with Crippen LogP contribution in [0.5, 0.6) is 0 Å². The number of rotatable bonds is 2. The largest absolute Gasteiger partial charge is 0.409 e. The summed E-state index contributed by atoms with van der Waals surface area (Å²) in [6.07, 6.45) is 1.51. The molecule has 0 spiro atoms. The number of oxime groups is 1. The van der Waals surface area contributed by atoms with Crippen molar-refractivity contribution in [2.24, 2.45) is 16.8 Å². The molecule has 1 aliphatic rings. The summed E-state index contributed by atoms with van der Waals surface area (Å²) in [7, 11) is 0. The number of nitrogens with zero attached hydrogens (tertiary/aromatic N) is 2. The van der Waals surface area contributed by atoms with Crippen molar-refractivity contribution < 1.29 is 10.0 Å². The highest BCUT2D eigenvalue weighted by atomic mass is 16.4. The molecule has 5 heteroatoms. The zero-order valence-corrected chi connectivity index (χ0v) is 7.73. The van der Waals surface area contributed by atoms with Gasteiger partial charge in [0, 0.05) is 26.4 Å². The molecule has 0 aromatic heterocycles. The first-order valence-corrected chi connectivity index (χ1v) is 4.35. The predicted octanol–water partition coefficient (Wildman–Crippen LogP) is -0.00870. The SMILES string of the molecule is CC(=O)N1CCC(C/C(N)=N/O)C1. The van der Waals surface area contributed by atoms with Gasteiger partial charge in [0.05, 0.1) is 0 Å². The second-order valence-electron chi connectivity index (χ2n) is 3.42. The molecule has 0 aliphatic carbocycles. The average molecular weight is 185 g/mol. The van der Waals surface area contributed by atoms with Gasteiger partial charge >= 0.3 is 0 Å². The van der Waals surface area contributed by atoms with Gasteiger partial charge in [-0.2, -0.15) is 0 Å². The van der Waals surface area contributed by atoms with E-state index < -0.39 is 0 Å². The van der Waals surface area contributed by atoms with Crippen LogP contribution in [0.2, 0.25) is 0 Å². The normalized spacial score (nSPS) is 23.6. The Morgan fingerprint density at radius 1 is 1.77 bits per heavy atom. The van der Waals surface area contributed by atoms with Crippen molar-refractivity contribution >= 4 is 11.7 Å². The predicted molar refractivity (Wildman–Crippen MR) is 48.4 cm³/mol. The first-order chi connectivity index (χ1) is 6.13. The minimum absolute atomic E-state index is 0.0991. The lowest BCUT2D eigenvalue weighted by atomic mass is 10.0. The number of amidine groups is 1. The third-order valence-corrected chi connectivity index (χ3v) is 2.36. The van der Waals surface area contributed by atoms with Crippen LogP contribution in [0.15, 0.2) is 5.16 Å². The van der Waals surface area contributed by atoms with Crippen LogP contribution < -0.4 is 5.73 Å². The van der Waals surface area contributed by atoms with E-state index in [0.717, 1.165) is 19.5 Å². The molecule has 0 aromatic carbocycles. The summed E-state index contributed by atoms with van der Waals surface area (Å²) in [4.78, 5) is 12.7. The van der Waals surface area contributed by atoms with E-state index in [9.17, 15) is 4.79 Å². The van der Waals surface area contributed by atoms with Gasteiger partial charge in [-0.25, -0.2) is 0 Å².